The Morgan fingerprint density at radius 2 is 2.10 bits per heavy atom. The highest BCUT2D eigenvalue weighted by molar-refractivity contribution is 6.00. The molecule has 108 valence electrons. The van der Waals surface area contributed by atoms with Crippen molar-refractivity contribution in [1.82, 2.24) is 4.57 Å². The maximum Gasteiger partial charge on any atom is 0.419 e. The van der Waals surface area contributed by atoms with Gasteiger partial charge in [0.15, 0.2) is 11.4 Å². The van der Waals surface area contributed by atoms with E-state index in [1.165, 1.54) is 4.57 Å². The van der Waals surface area contributed by atoms with Crippen LogP contribution in [0, 0.1) is 5.92 Å². The first-order valence-corrected chi connectivity index (χ1v) is 7.22. The van der Waals surface area contributed by atoms with Gasteiger partial charge in [-0.3, -0.25) is 9.36 Å². The number of ketones is 1. The quantitative estimate of drug-likeness (QED) is 0.758. The summed E-state index contributed by atoms with van der Waals surface area (Å²) in [7, 11) is 1.66. The summed E-state index contributed by atoms with van der Waals surface area (Å²) >= 11 is 0. The number of carbonyl (C=O) groups is 1. The summed E-state index contributed by atoms with van der Waals surface area (Å²) in [4.78, 5) is 24.0. The van der Waals surface area contributed by atoms with Crippen molar-refractivity contribution in [3.63, 3.8) is 0 Å². The first-order chi connectivity index (χ1) is 9.58. The zero-order valence-corrected chi connectivity index (χ0v) is 12.3. The maximum absolute atomic E-state index is 12.5. The molecule has 4 heteroatoms. The van der Waals surface area contributed by atoms with Crippen LogP contribution in [0.1, 0.15) is 49.9 Å². The zero-order chi connectivity index (χ0) is 14.7. The SMILES string of the molecule is CCCCC(CC)C(=O)c1ccc2c(c1)oc(=O)n2C. The van der Waals surface area contributed by atoms with E-state index in [0.29, 0.717) is 16.7 Å². The number of nitrogens with zero attached hydrogens (tertiary/aromatic N) is 1. The van der Waals surface area contributed by atoms with Crippen molar-refractivity contribution in [2.24, 2.45) is 13.0 Å². The number of fused-ring (bicyclic) bond motifs is 1. The zero-order valence-electron chi connectivity index (χ0n) is 12.3. The van der Waals surface area contributed by atoms with Crippen molar-refractivity contribution in [3.05, 3.63) is 34.3 Å². The van der Waals surface area contributed by atoms with Crippen LogP contribution in [0.4, 0.5) is 0 Å². The molecule has 0 aliphatic rings. The molecule has 0 saturated carbocycles. The Bertz CT molecular complexity index is 666. The van der Waals surface area contributed by atoms with Gasteiger partial charge in [0.25, 0.3) is 0 Å². The molecular formula is C16H21NO3. The van der Waals surface area contributed by atoms with Gasteiger partial charge >= 0.3 is 5.76 Å². The highest BCUT2D eigenvalue weighted by atomic mass is 16.4. The molecule has 1 heterocycles. The molecular weight excluding hydrogens is 254 g/mol. The summed E-state index contributed by atoms with van der Waals surface area (Å²) in [6, 6.07) is 5.25. The van der Waals surface area contributed by atoms with E-state index in [2.05, 4.69) is 6.92 Å². The number of rotatable bonds is 6. The van der Waals surface area contributed by atoms with Gasteiger partial charge in [0.1, 0.15) is 0 Å². The molecule has 1 aromatic carbocycles. The molecule has 0 fully saturated rings. The van der Waals surface area contributed by atoms with Crippen LogP contribution in [0.15, 0.2) is 27.4 Å². The standard InChI is InChI=1S/C16H21NO3/c1-4-6-7-11(5-2)15(18)12-8-9-13-14(10-12)20-16(19)17(13)3/h8-11H,4-7H2,1-3H3. The molecule has 2 aromatic rings. The Morgan fingerprint density at radius 3 is 2.75 bits per heavy atom. The van der Waals surface area contributed by atoms with Crippen molar-refractivity contribution in [2.45, 2.75) is 39.5 Å². The lowest BCUT2D eigenvalue weighted by Gasteiger charge is -2.13. The number of oxazole rings is 1. The number of aromatic nitrogens is 1. The van der Waals surface area contributed by atoms with Crippen LogP contribution in [0.5, 0.6) is 0 Å². The Balaban J connectivity index is 2.32. The smallest absolute Gasteiger partial charge is 0.408 e. The van der Waals surface area contributed by atoms with Crippen LogP contribution < -0.4 is 5.76 Å². The third-order valence-corrected chi connectivity index (χ3v) is 3.85. The number of carbonyl (C=O) groups excluding carboxylic acids is 1. The van der Waals surface area contributed by atoms with E-state index < -0.39 is 5.76 Å². The Morgan fingerprint density at radius 1 is 1.35 bits per heavy atom. The predicted octanol–water partition coefficient (Wildman–Crippen LogP) is 3.53. The van der Waals surface area contributed by atoms with Gasteiger partial charge in [-0.05, 0) is 31.0 Å². The molecule has 0 aliphatic heterocycles. The van der Waals surface area contributed by atoms with Gasteiger partial charge in [0.05, 0.1) is 5.52 Å². The van der Waals surface area contributed by atoms with E-state index in [4.69, 9.17) is 4.42 Å². The van der Waals surface area contributed by atoms with Crippen molar-refractivity contribution in [3.8, 4) is 0 Å². The molecule has 4 nitrogen and oxygen atoms in total. The molecule has 20 heavy (non-hydrogen) atoms. The average Bonchev–Trinajstić information content (AvgIpc) is 2.74. The van der Waals surface area contributed by atoms with E-state index >= 15 is 0 Å². The minimum Gasteiger partial charge on any atom is -0.408 e. The van der Waals surface area contributed by atoms with Crippen molar-refractivity contribution >= 4 is 16.9 Å². The van der Waals surface area contributed by atoms with Crippen molar-refractivity contribution in [1.29, 1.82) is 0 Å². The van der Waals surface area contributed by atoms with Crippen LogP contribution in [0.3, 0.4) is 0 Å². The number of hydrogen-bond donors (Lipinski definition) is 0. The van der Waals surface area contributed by atoms with E-state index in [1.54, 1.807) is 25.2 Å². The van der Waals surface area contributed by atoms with E-state index in [0.717, 1.165) is 25.7 Å². The largest absolute Gasteiger partial charge is 0.419 e. The fourth-order valence-corrected chi connectivity index (χ4v) is 2.49. The predicted molar refractivity (Wildman–Crippen MR) is 79.1 cm³/mol. The third-order valence-electron chi connectivity index (χ3n) is 3.85. The summed E-state index contributed by atoms with van der Waals surface area (Å²) in [5.41, 5.74) is 1.83. The fourth-order valence-electron chi connectivity index (χ4n) is 2.49. The summed E-state index contributed by atoms with van der Waals surface area (Å²) in [6.45, 7) is 4.17. The number of benzene rings is 1. The molecule has 0 bridgehead atoms. The number of unbranched alkanes of at least 4 members (excludes halogenated alkanes) is 1. The van der Waals surface area contributed by atoms with Crippen LogP contribution in [0.25, 0.3) is 11.1 Å². The number of Topliss-reactive ketones (excluding diaryl/α,β-unsaturated/α-hetero) is 1. The second-order valence-corrected chi connectivity index (χ2v) is 5.22. The maximum atomic E-state index is 12.5. The molecule has 2 rings (SSSR count). The van der Waals surface area contributed by atoms with Gasteiger partial charge in [-0.15, -0.1) is 0 Å². The summed E-state index contributed by atoms with van der Waals surface area (Å²) < 4.78 is 6.58. The lowest BCUT2D eigenvalue weighted by molar-refractivity contribution is 0.0908. The first-order valence-electron chi connectivity index (χ1n) is 7.22. The molecule has 0 amide bonds. The van der Waals surface area contributed by atoms with Gasteiger partial charge in [0.2, 0.25) is 0 Å². The van der Waals surface area contributed by atoms with Crippen LogP contribution in [-0.4, -0.2) is 10.4 Å². The van der Waals surface area contributed by atoms with Gasteiger partial charge < -0.3 is 4.42 Å². The molecule has 1 atom stereocenters. The first kappa shape index (κ1) is 14.6. The van der Waals surface area contributed by atoms with Gasteiger partial charge in [-0.1, -0.05) is 26.7 Å². The highest BCUT2D eigenvalue weighted by Crippen LogP contribution is 2.21. The normalized spacial score (nSPS) is 12.8. The summed E-state index contributed by atoms with van der Waals surface area (Å²) in [5.74, 6) is -0.195. The van der Waals surface area contributed by atoms with Crippen LogP contribution >= 0.6 is 0 Å². The van der Waals surface area contributed by atoms with Crippen LogP contribution in [-0.2, 0) is 7.05 Å². The highest BCUT2D eigenvalue weighted by Gasteiger charge is 2.19. The minimum atomic E-state index is -0.400. The van der Waals surface area contributed by atoms with E-state index in [1.807, 2.05) is 6.92 Å². The number of hydrogen-bond acceptors (Lipinski definition) is 3. The Labute approximate surface area is 118 Å². The Kier molecular flexibility index (Phi) is 4.42. The monoisotopic (exact) mass is 275 g/mol. The molecule has 0 N–H and O–H groups in total. The minimum absolute atomic E-state index is 0.0582. The van der Waals surface area contributed by atoms with Crippen molar-refractivity contribution < 1.29 is 9.21 Å². The Hall–Kier alpha value is -1.84. The topological polar surface area (TPSA) is 52.2 Å². The van der Waals surface area contributed by atoms with Crippen molar-refractivity contribution in [2.75, 3.05) is 0 Å². The molecule has 1 unspecified atom stereocenters. The fraction of sp³-hybridized carbons (Fsp3) is 0.500. The summed E-state index contributed by atoms with van der Waals surface area (Å²) in [6.07, 6.45) is 3.92. The molecule has 0 spiro atoms. The van der Waals surface area contributed by atoms with E-state index in [-0.39, 0.29) is 11.7 Å². The average molecular weight is 275 g/mol. The van der Waals surface area contributed by atoms with Gasteiger partial charge in [-0.25, -0.2) is 4.79 Å². The third kappa shape index (κ3) is 2.69. The molecule has 1 aromatic heterocycles. The van der Waals surface area contributed by atoms with Gasteiger partial charge in [-0.2, -0.15) is 0 Å². The van der Waals surface area contributed by atoms with Crippen LogP contribution in [0.2, 0.25) is 0 Å². The lowest BCUT2D eigenvalue weighted by atomic mass is 9.90. The molecule has 0 radical (unpaired) electrons. The second kappa shape index (κ2) is 6.07. The van der Waals surface area contributed by atoms with Gasteiger partial charge in [0, 0.05) is 18.5 Å². The lowest BCUT2D eigenvalue weighted by Crippen LogP contribution is -2.14. The van der Waals surface area contributed by atoms with E-state index in [9.17, 15) is 9.59 Å². The summed E-state index contributed by atoms with van der Waals surface area (Å²) in [5, 5.41) is 0. The molecule has 0 saturated heterocycles. The molecule has 0 aliphatic carbocycles. The number of aryl methyl sites for hydroxylation is 1. The second-order valence-electron chi connectivity index (χ2n) is 5.22.